The molecule has 0 unspecified atom stereocenters. The number of carboxylic acids is 1. The Labute approximate surface area is 151 Å². The van der Waals surface area contributed by atoms with Gasteiger partial charge in [0.1, 0.15) is 5.78 Å². The first-order valence-corrected chi connectivity index (χ1v) is 10.2. The number of carbonyl (C=O) groups excluding carboxylic acids is 1. The van der Waals surface area contributed by atoms with Gasteiger partial charge in [0.2, 0.25) is 0 Å². The van der Waals surface area contributed by atoms with E-state index in [-0.39, 0.29) is 23.4 Å². The summed E-state index contributed by atoms with van der Waals surface area (Å²) >= 11 is 0. The molecule has 4 nitrogen and oxygen atoms in total. The Kier molecular flexibility index (Phi) is 5.04. The van der Waals surface area contributed by atoms with E-state index in [1.54, 1.807) is 0 Å². The molecular formula is C21H34O4. The SMILES string of the molecule is CC[C@H]1CC(=O)[C@](C)(CCCC(=O)O)[C@H]2CC[C@]3(C)[C@@H](O)CC[C@H]3[C@H]12. The first kappa shape index (κ1) is 18.9. The van der Waals surface area contributed by atoms with Gasteiger partial charge in [-0.1, -0.05) is 27.2 Å². The zero-order valence-electron chi connectivity index (χ0n) is 16.0. The fourth-order valence-electron chi connectivity index (χ4n) is 6.73. The van der Waals surface area contributed by atoms with Crippen LogP contribution in [0.15, 0.2) is 0 Å². The normalized spacial score (nSPS) is 46.6. The number of aliphatic hydroxyl groups excluding tert-OH is 1. The van der Waals surface area contributed by atoms with Gasteiger partial charge in [-0.15, -0.1) is 0 Å². The van der Waals surface area contributed by atoms with E-state index in [0.717, 1.165) is 32.1 Å². The van der Waals surface area contributed by atoms with E-state index >= 15 is 0 Å². The van der Waals surface area contributed by atoms with Crippen LogP contribution < -0.4 is 0 Å². The van der Waals surface area contributed by atoms with Gasteiger partial charge < -0.3 is 10.2 Å². The maximum Gasteiger partial charge on any atom is 0.303 e. The Hall–Kier alpha value is -0.900. The summed E-state index contributed by atoms with van der Waals surface area (Å²) in [7, 11) is 0. The summed E-state index contributed by atoms with van der Waals surface area (Å²) in [5.74, 6) is 1.39. The van der Waals surface area contributed by atoms with Gasteiger partial charge in [-0.25, -0.2) is 0 Å². The van der Waals surface area contributed by atoms with Crippen molar-refractivity contribution >= 4 is 11.8 Å². The first-order chi connectivity index (χ1) is 11.7. The minimum Gasteiger partial charge on any atom is -0.481 e. The largest absolute Gasteiger partial charge is 0.481 e. The number of ketones is 1. The van der Waals surface area contributed by atoms with Crippen LogP contribution in [-0.2, 0) is 9.59 Å². The molecule has 3 aliphatic rings. The monoisotopic (exact) mass is 350 g/mol. The maximum absolute atomic E-state index is 13.1. The second-order valence-electron chi connectivity index (χ2n) is 9.39. The van der Waals surface area contributed by atoms with Crippen molar-refractivity contribution in [3.63, 3.8) is 0 Å². The molecule has 7 atom stereocenters. The van der Waals surface area contributed by atoms with E-state index < -0.39 is 5.97 Å². The molecule has 3 saturated carbocycles. The highest BCUT2D eigenvalue weighted by molar-refractivity contribution is 5.86. The summed E-state index contributed by atoms with van der Waals surface area (Å²) in [4.78, 5) is 24.0. The zero-order valence-corrected chi connectivity index (χ0v) is 16.0. The van der Waals surface area contributed by atoms with Crippen molar-refractivity contribution in [3.8, 4) is 0 Å². The highest BCUT2D eigenvalue weighted by Gasteiger charge is 2.61. The molecule has 0 spiro atoms. The van der Waals surface area contributed by atoms with E-state index in [4.69, 9.17) is 5.11 Å². The average molecular weight is 350 g/mol. The molecule has 0 aliphatic heterocycles. The lowest BCUT2D eigenvalue weighted by molar-refractivity contribution is -0.155. The van der Waals surface area contributed by atoms with Gasteiger partial charge in [0.05, 0.1) is 6.10 Å². The average Bonchev–Trinajstić information content (AvgIpc) is 2.86. The predicted molar refractivity (Wildman–Crippen MR) is 96.1 cm³/mol. The van der Waals surface area contributed by atoms with Crippen LogP contribution in [-0.4, -0.2) is 28.1 Å². The molecule has 3 fully saturated rings. The zero-order chi connectivity index (χ0) is 18.4. The van der Waals surface area contributed by atoms with Crippen LogP contribution in [0, 0.1) is 34.5 Å². The second-order valence-corrected chi connectivity index (χ2v) is 9.39. The number of Topliss-reactive ketones (excluding diaryl/α,β-unsaturated/α-hetero) is 1. The third kappa shape index (κ3) is 2.94. The molecule has 25 heavy (non-hydrogen) atoms. The van der Waals surface area contributed by atoms with Gasteiger partial charge in [0.25, 0.3) is 0 Å². The fourth-order valence-corrected chi connectivity index (χ4v) is 6.73. The Bertz CT molecular complexity index is 544. The molecule has 0 aromatic rings. The minimum atomic E-state index is -0.773. The predicted octanol–water partition coefficient (Wildman–Crippen LogP) is 4.05. The van der Waals surface area contributed by atoms with Gasteiger partial charge in [-0.05, 0) is 67.6 Å². The van der Waals surface area contributed by atoms with Crippen LogP contribution in [0.3, 0.4) is 0 Å². The molecule has 3 rings (SSSR count). The molecule has 4 heteroatoms. The lowest BCUT2D eigenvalue weighted by Crippen LogP contribution is -2.56. The van der Waals surface area contributed by atoms with Gasteiger partial charge in [-0.2, -0.15) is 0 Å². The molecule has 0 aromatic carbocycles. The summed E-state index contributed by atoms with van der Waals surface area (Å²) in [5, 5.41) is 19.6. The lowest BCUT2D eigenvalue weighted by Gasteiger charge is -2.58. The summed E-state index contributed by atoms with van der Waals surface area (Å²) in [6, 6.07) is 0. The molecule has 0 bridgehead atoms. The van der Waals surface area contributed by atoms with Crippen LogP contribution in [0.4, 0.5) is 0 Å². The van der Waals surface area contributed by atoms with E-state index in [1.807, 2.05) is 0 Å². The molecule has 2 N–H and O–H groups in total. The molecule has 0 heterocycles. The molecule has 3 aliphatic carbocycles. The molecule has 0 amide bonds. The van der Waals surface area contributed by atoms with Gasteiger partial charge in [0.15, 0.2) is 0 Å². The third-order valence-corrected chi connectivity index (χ3v) is 8.34. The number of carboxylic acid groups (broad SMARTS) is 1. The summed E-state index contributed by atoms with van der Waals surface area (Å²) in [6.45, 7) is 6.56. The van der Waals surface area contributed by atoms with Crippen LogP contribution >= 0.6 is 0 Å². The molecule has 0 radical (unpaired) electrons. The highest BCUT2D eigenvalue weighted by atomic mass is 16.4. The van der Waals surface area contributed by atoms with E-state index in [9.17, 15) is 14.7 Å². The summed E-state index contributed by atoms with van der Waals surface area (Å²) in [5.41, 5.74) is -0.363. The van der Waals surface area contributed by atoms with Crippen molar-refractivity contribution in [3.05, 3.63) is 0 Å². The quantitative estimate of drug-likeness (QED) is 0.784. The Morgan fingerprint density at radius 2 is 1.92 bits per heavy atom. The summed E-state index contributed by atoms with van der Waals surface area (Å²) < 4.78 is 0. The Morgan fingerprint density at radius 1 is 1.20 bits per heavy atom. The van der Waals surface area contributed by atoms with E-state index in [1.165, 1.54) is 0 Å². The van der Waals surface area contributed by atoms with Crippen molar-refractivity contribution < 1.29 is 19.8 Å². The molecule has 0 saturated heterocycles. The third-order valence-electron chi connectivity index (χ3n) is 8.34. The topological polar surface area (TPSA) is 74.6 Å². The van der Waals surface area contributed by atoms with Crippen molar-refractivity contribution in [2.45, 2.75) is 84.7 Å². The van der Waals surface area contributed by atoms with Gasteiger partial charge >= 0.3 is 5.97 Å². The van der Waals surface area contributed by atoms with Crippen LogP contribution in [0.1, 0.15) is 78.6 Å². The number of carbonyl (C=O) groups is 2. The minimum absolute atomic E-state index is 0.0109. The molecule has 142 valence electrons. The highest BCUT2D eigenvalue weighted by Crippen LogP contribution is 2.64. The molecule has 0 aromatic heterocycles. The van der Waals surface area contributed by atoms with Crippen LogP contribution in [0.5, 0.6) is 0 Å². The maximum atomic E-state index is 13.1. The van der Waals surface area contributed by atoms with Crippen molar-refractivity contribution in [2.75, 3.05) is 0 Å². The number of rotatable bonds is 5. The van der Waals surface area contributed by atoms with E-state index in [2.05, 4.69) is 20.8 Å². The van der Waals surface area contributed by atoms with Crippen molar-refractivity contribution in [1.29, 1.82) is 0 Å². The number of hydrogen-bond acceptors (Lipinski definition) is 3. The lowest BCUT2D eigenvalue weighted by atomic mass is 9.46. The fraction of sp³-hybridized carbons (Fsp3) is 0.905. The van der Waals surface area contributed by atoms with Crippen LogP contribution in [0.2, 0.25) is 0 Å². The van der Waals surface area contributed by atoms with E-state index in [0.29, 0.717) is 48.7 Å². The number of aliphatic carboxylic acids is 1. The molecular weight excluding hydrogens is 316 g/mol. The standard InChI is InChI=1S/C21H34O4/c1-4-13-12-17(23)20(2,10-5-6-18(24)25)15-9-11-21(3)14(19(13)15)7-8-16(21)22/h13-16,19,22H,4-12H2,1-3H3,(H,24,25)/t13-,14-,15-,16-,19-,20+,21-/m0/s1. The number of hydrogen-bond donors (Lipinski definition) is 2. The Balaban J connectivity index is 1.88. The van der Waals surface area contributed by atoms with Crippen molar-refractivity contribution in [2.24, 2.45) is 34.5 Å². The Morgan fingerprint density at radius 3 is 2.56 bits per heavy atom. The number of aliphatic hydroxyl groups is 1. The smallest absolute Gasteiger partial charge is 0.303 e. The van der Waals surface area contributed by atoms with Crippen molar-refractivity contribution in [1.82, 2.24) is 0 Å². The first-order valence-electron chi connectivity index (χ1n) is 10.2. The van der Waals surface area contributed by atoms with Crippen LogP contribution in [0.25, 0.3) is 0 Å². The number of fused-ring (bicyclic) bond motifs is 3. The summed E-state index contributed by atoms with van der Waals surface area (Å²) in [6.07, 6.45) is 6.87. The van der Waals surface area contributed by atoms with Gasteiger partial charge in [0, 0.05) is 18.3 Å². The second kappa shape index (κ2) is 6.68. The van der Waals surface area contributed by atoms with Gasteiger partial charge in [-0.3, -0.25) is 9.59 Å².